The molecular formula is C20H35NO6. The van der Waals surface area contributed by atoms with E-state index in [0.717, 1.165) is 43.4 Å². The minimum atomic E-state index is -1.51. The highest BCUT2D eigenvalue weighted by molar-refractivity contribution is 6.00. The lowest BCUT2D eigenvalue weighted by atomic mass is 10.1. The number of hydrogen-bond acceptors (Lipinski definition) is 5. The van der Waals surface area contributed by atoms with E-state index in [1.165, 1.54) is 0 Å². The van der Waals surface area contributed by atoms with Gasteiger partial charge in [0.1, 0.15) is 6.04 Å². The van der Waals surface area contributed by atoms with Gasteiger partial charge in [-0.25, -0.2) is 4.79 Å². The topological polar surface area (TPSA) is 101 Å². The van der Waals surface area contributed by atoms with Crippen LogP contribution in [-0.4, -0.2) is 46.4 Å². The normalized spacial score (nSPS) is 11.7. The number of carbonyl (C=O) groups is 4. The first-order valence-electron chi connectivity index (χ1n) is 10.1. The van der Waals surface area contributed by atoms with Crippen LogP contribution < -0.4 is 0 Å². The van der Waals surface area contributed by atoms with Gasteiger partial charge in [0.15, 0.2) is 0 Å². The maximum atomic E-state index is 12.6. The van der Waals surface area contributed by atoms with Gasteiger partial charge < -0.3 is 9.84 Å². The third-order valence-electron chi connectivity index (χ3n) is 4.29. The van der Waals surface area contributed by atoms with Crippen LogP contribution in [0.5, 0.6) is 0 Å². The summed E-state index contributed by atoms with van der Waals surface area (Å²) in [5.41, 5.74) is 0. The molecule has 0 radical (unpaired) electrons. The summed E-state index contributed by atoms with van der Waals surface area (Å²) < 4.78 is 4.81. The van der Waals surface area contributed by atoms with Crippen LogP contribution in [0.15, 0.2) is 0 Å². The lowest BCUT2D eigenvalue weighted by Gasteiger charge is -2.27. The van der Waals surface area contributed by atoms with E-state index < -0.39 is 36.2 Å². The predicted molar refractivity (Wildman–Crippen MR) is 102 cm³/mol. The molecule has 0 heterocycles. The Labute approximate surface area is 162 Å². The molecule has 1 N–H and O–H groups in total. The molecule has 0 spiro atoms. The van der Waals surface area contributed by atoms with Crippen LogP contribution in [-0.2, 0) is 23.9 Å². The van der Waals surface area contributed by atoms with E-state index in [-0.39, 0.29) is 19.4 Å². The maximum Gasteiger partial charge on any atom is 0.327 e. The quantitative estimate of drug-likeness (QED) is 0.341. The third kappa shape index (κ3) is 10.7. The summed E-state index contributed by atoms with van der Waals surface area (Å²) in [6.45, 7) is 5.83. The zero-order chi connectivity index (χ0) is 20.7. The second-order valence-corrected chi connectivity index (χ2v) is 6.64. The van der Waals surface area contributed by atoms with Gasteiger partial charge in [0.05, 0.1) is 13.0 Å². The van der Waals surface area contributed by atoms with E-state index in [4.69, 9.17) is 4.74 Å². The van der Waals surface area contributed by atoms with Gasteiger partial charge in [-0.05, 0) is 19.8 Å². The molecule has 0 aliphatic carbocycles. The number of carbonyl (C=O) groups excluding carboxylic acids is 3. The number of amides is 2. The monoisotopic (exact) mass is 385 g/mol. The Bertz CT molecular complexity index is 453. The van der Waals surface area contributed by atoms with Gasteiger partial charge in [0, 0.05) is 12.8 Å². The number of hydrogen-bond donors (Lipinski definition) is 1. The van der Waals surface area contributed by atoms with E-state index in [2.05, 4.69) is 0 Å². The van der Waals surface area contributed by atoms with Crippen molar-refractivity contribution in [3.63, 3.8) is 0 Å². The zero-order valence-electron chi connectivity index (χ0n) is 17.0. The summed E-state index contributed by atoms with van der Waals surface area (Å²) in [7, 11) is 0. The van der Waals surface area contributed by atoms with E-state index >= 15 is 0 Å². The van der Waals surface area contributed by atoms with Crippen molar-refractivity contribution in [3.8, 4) is 0 Å². The molecule has 0 fully saturated rings. The summed E-state index contributed by atoms with van der Waals surface area (Å²) in [6, 6.07) is -1.51. The van der Waals surface area contributed by atoms with E-state index in [0.29, 0.717) is 12.8 Å². The second-order valence-electron chi connectivity index (χ2n) is 6.64. The van der Waals surface area contributed by atoms with Crippen molar-refractivity contribution < 1.29 is 29.0 Å². The Hall–Kier alpha value is -1.92. The Kier molecular flexibility index (Phi) is 14.1. The fourth-order valence-electron chi connectivity index (χ4n) is 2.80. The molecule has 7 heteroatoms. The molecule has 0 aliphatic rings. The first-order chi connectivity index (χ1) is 12.9. The molecule has 27 heavy (non-hydrogen) atoms. The highest BCUT2D eigenvalue weighted by Crippen LogP contribution is 2.15. The fourth-order valence-corrected chi connectivity index (χ4v) is 2.80. The van der Waals surface area contributed by atoms with Crippen LogP contribution in [0.25, 0.3) is 0 Å². The number of carboxylic acid groups (broad SMARTS) is 1. The third-order valence-corrected chi connectivity index (χ3v) is 4.29. The lowest BCUT2D eigenvalue weighted by molar-refractivity contribution is -0.161. The summed E-state index contributed by atoms with van der Waals surface area (Å²) in [6.07, 6.45) is 6.53. The Morgan fingerprint density at radius 3 is 1.67 bits per heavy atom. The Morgan fingerprint density at radius 1 is 0.815 bits per heavy atom. The SMILES string of the molecule is CCCCCCC(=O)N(C(=O)CCCCCC)C(CC(=O)OCC)C(=O)O. The molecule has 1 atom stereocenters. The number of carboxylic acids is 1. The molecule has 7 nitrogen and oxygen atoms in total. The number of nitrogens with zero attached hydrogens (tertiary/aromatic N) is 1. The molecule has 0 rings (SSSR count). The van der Waals surface area contributed by atoms with Crippen LogP contribution in [0.3, 0.4) is 0 Å². The van der Waals surface area contributed by atoms with Crippen LogP contribution in [0.4, 0.5) is 0 Å². The van der Waals surface area contributed by atoms with Gasteiger partial charge in [0.25, 0.3) is 0 Å². The molecule has 0 saturated carbocycles. The van der Waals surface area contributed by atoms with Gasteiger partial charge in [-0.15, -0.1) is 0 Å². The van der Waals surface area contributed by atoms with Crippen molar-refractivity contribution in [2.45, 2.75) is 97.4 Å². The summed E-state index contributed by atoms with van der Waals surface area (Å²) in [5, 5.41) is 9.52. The number of esters is 1. The van der Waals surface area contributed by atoms with Crippen molar-refractivity contribution >= 4 is 23.8 Å². The number of aliphatic carboxylic acids is 1. The molecule has 156 valence electrons. The van der Waals surface area contributed by atoms with Gasteiger partial charge >= 0.3 is 11.9 Å². The van der Waals surface area contributed by atoms with Gasteiger partial charge in [-0.3, -0.25) is 19.3 Å². The zero-order valence-corrected chi connectivity index (χ0v) is 17.0. The van der Waals surface area contributed by atoms with Crippen molar-refractivity contribution in [2.75, 3.05) is 6.61 Å². The summed E-state index contributed by atoms with van der Waals surface area (Å²) in [5.74, 6) is -3.15. The molecule has 0 saturated heterocycles. The molecular weight excluding hydrogens is 350 g/mol. The van der Waals surface area contributed by atoms with Crippen LogP contribution in [0, 0.1) is 0 Å². The summed E-state index contributed by atoms with van der Waals surface area (Å²) >= 11 is 0. The van der Waals surface area contributed by atoms with E-state index in [1.807, 2.05) is 13.8 Å². The van der Waals surface area contributed by atoms with Crippen molar-refractivity contribution in [1.29, 1.82) is 0 Å². The first-order valence-corrected chi connectivity index (χ1v) is 10.1. The highest BCUT2D eigenvalue weighted by atomic mass is 16.5. The highest BCUT2D eigenvalue weighted by Gasteiger charge is 2.36. The molecule has 0 aromatic rings. The number of ether oxygens (including phenoxy) is 1. The predicted octanol–water partition coefficient (Wildman–Crippen LogP) is 3.69. The fraction of sp³-hybridized carbons (Fsp3) is 0.800. The Balaban J connectivity index is 5.18. The van der Waals surface area contributed by atoms with Crippen molar-refractivity contribution in [3.05, 3.63) is 0 Å². The average molecular weight is 386 g/mol. The van der Waals surface area contributed by atoms with Crippen molar-refractivity contribution in [1.82, 2.24) is 4.90 Å². The minimum absolute atomic E-state index is 0.104. The second kappa shape index (κ2) is 15.2. The smallest absolute Gasteiger partial charge is 0.327 e. The molecule has 0 aromatic heterocycles. The Morgan fingerprint density at radius 2 is 1.30 bits per heavy atom. The van der Waals surface area contributed by atoms with Gasteiger partial charge in [0.2, 0.25) is 11.8 Å². The molecule has 1 unspecified atom stereocenters. The largest absolute Gasteiger partial charge is 0.480 e. The standard InChI is InChI=1S/C20H35NO6/c1-4-7-9-11-13-17(22)21(18(23)14-12-10-8-5-2)16(20(25)26)15-19(24)27-6-3/h16H,4-15H2,1-3H3,(H,25,26). The molecule has 0 bridgehead atoms. The lowest BCUT2D eigenvalue weighted by Crippen LogP contribution is -2.49. The number of unbranched alkanes of at least 4 members (excludes halogenated alkanes) is 6. The van der Waals surface area contributed by atoms with E-state index in [9.17, 15) is 24.3 Å². The van der Waals surface area contributed by atoms with Crippen LogP contribution >= 0.6 is 0 Å². The van der Waals surface area contributed by atoms with E-state index in [1.54, 1.807) is 6.92 Å². The first kappa shape index (κ1) is 25.1. The average Bonchev–Trinajstić information content (AvgIpc) is 2.62. The maximum absolute atomic E-state index is 12.6. The number of imide groups is 1. The molecule has 0 aliphatic heterocycles. The van der Waals surface area contributed by atoms with Crippen LogP contribution in [0.1, 0.15) is 91.4 Å². The van der Waals surface area contributed by atoms with Gasteiger partial charge in [-0.1, -0.05) is 52.4 Å². The minimum Gasteiger partial charge on any atom is -0.480 e. The van der Waals surface area contributed by atoms with Crippen molar-refractivity contribution in [2.24, 2.45) is 0 Å². The molecule has 2 amide bonds. The summed E-state index contributed by atoms with van der Waals surface area (Å²) in [4.78, 5) is 49.5. The molecule has 0 aromatic carbocycles. The van der Waals surface area contributed by atoms with Gasteiger partial charge in [-0.2, -0.15) is 0 Å². The van der Waals surface area contributed by atoms with Crippen LogP contribution in [0.2, 0.25) is 0 Å². The number of rotatable bonds is 15.